The molecule has 0 spiro atoms. The van der Waals surface area contributed by atoms with Gasteiger partial charge >= 0.3 is 0 Å². The number of anilines is 1. The first-order valence-corrected chi connectivity index (χ1v) is 7.87. The Morgan fingerprint density at radius 3 is 2.90 bits per heavy atom. The number of fused-ring (bicyclic) bond motifs is 1. The largest absolute Gasteiger partial charge is 0.373 e. The van der Waals surface area contributed by atoms with Gasteiger partial charge in [-0.3, -0.25) is 10.1 Å². The molecular weight excluding hydrogens is 284 g/mol. The fraction of sp³-hybridized carbons (Fsp3) is 0.250. The molecular formula is C16H16N2O2S. The van der Waals surface area contributed by atoms with Crippen LogP contribution in [0.3, 0.4) is 0 Å². The molecule has 1 aliphatic rings. The summed E-state index contributed by atoms with van der Waals surface area (Å²) < 4.78 is 0. The Labute approximate surface area is 127 Å². The number of thioether (sulfide) groups is 1. The van der Waals surface area contributed by atoms with Crippen LogP contribution in [-0.4, -0.2) is 10.7 Å². The van der Waals surface area contributed by atoms with Crippen LogP contribution in [0, 0.1) is 17.0 Å². The summed E-state index contributed by atoms with van der Waals surface area (Å²) in [4.78, 5) is 12.1. The van der Waals surface area contributed by atoms with E-state index in [0.29, 0.717) is 5.69 Å². The average Bonchev–Trinajstić information content (AvgIpc) is 2.47. The van der Waals surface area contributed by atoms with E-state index in [1.807, 2.05) is 36.9 Å². The fourth-order valence-electron chi connectivity index (χ4n) is 2.60. The van der Waals surface area contributed by atoms with Gasteiger partial charge in [-0.25, -0.2) is 0 Å². The van der Waals surface area contributed by atoms with Gasteiger partial charge in [0.15, 0.2) is 0 Å². The number of nitro benzene ring substituents is 1. The number of nitrogens with zero attached hydrogens (tertiary/aromatic N) is 1. The number of hydrogen-bond acceptors (Lipinski definition) is 4. The summed E-state index contributed by atoms with van der Waals surface area (Å²) in [7, 11) is 0. The third kappa shape index (κ3) is 2.88. The lowest BCUT2D eigenvalue weighted by atomic mass is 10.0. The van der Waals surface area contributed by atoms with E-state index in [1.54, 1.807) is 12.1 Å². The molecule has 0 aromatic heterocycles. The summed E-state index contributed by atoms with van der Waals surface area (Å²) in [6, 6.07) is 13.6. The Kier molecular flexibility index (Phi) is 3.84. The molecule has 3 rings (SSSR count). The maximum Gasteiger partial charge on any atom is 0.292 e. The van der Waals surface area contributed by atoms with Gasteiger partial charge in [0.05, 0.1) is 11.0 Å². The lowest BCUT2D eigenvalue weighted by Crippen LogP contribution is -2.16. The zero-order chi connectivity index (χ0) is 14.8. The van der Waals surface area contributed by atoms with Gasteiger partial charge in [-0.2, -0.15) is 0 Å². The molecule has 0 fully saturated rings. The normalized spacial score (nSPS) is 17.1. The molecule has 0 saturated heterocycles. The van der Waals surface area contributed by atoms with Crippen LogP contribution in [0.15, 0.2) is 47.4 Å². The third-order valence-electron chi connectivity index (χ3n) is 3.64. The van der Waals surface area contributed by atoms with Crippen molar-refractivity contribution in [3.8, 4) is 0 Å². The van der Waals surface area contributed by atoms with Crippen molar-refractivity contribution >= 4 is 23.1 Å². The van der Waals surface area contributed by atoms with Crippen molar-refractivity contribution in [2.75, 3.05) is 11.1 Å². The molecule has 2 aromatic rings. The number of nitrogens with one attached hydrogen (secondary N) is 1. The zero-order valence-electron chi connectivity index (χ0n) is 11.7. The lowest BCUT2D eigenvalue weighted by Gasteiger charge is -2.26. The minimum absolute atomic E-state index is 0.128. The smallest absolute Gasteiger partial charge is 0.292 e. The molecule has 0 saturated carbocycles. The first-order valence-electron chi connectivity index (χ1n) is 6.88. The van der Waals surface area contributed by atoms with Crippen LogP contribution in [0.5, 0.6) is 0 Å². The molecule has 0 bridgehead atoms. The molecule has 0 amide bonds. The number of benzene rings is 2. The highest BCUT2D eigenvalue weighted by molar-refractivity contribution is 7.99. The van der Waals surface area contributed by atoms with Crippen molar-refractivity contribution in [3.63, 3.8) is 0 Å². The minimum Gasteiger partial charge on any atom is -0.373 e. The van der Waals surface area contributed by atoms with E-state index in [9.17, 15) is 10.1 Å². The molecule has 1 atom stereocenters. The van der Waals surface area contributed by atoms with E-state index >= 15 is 0 Å². The van der Waals surface area contributed by atoms with Crippen LogP contribution < -0.4 is 5.32 Å². The number of rotatable bonds is 3. The molecule has 1 heterocycles. The molecule has 2 aromatic carbocycles. The quantitative estimate of drug-likeness (QED) is 0.667. The second-order valence-corrected chi connectivity index (χ2v) is 6.29. The van der Waals surface area contributed by atoms with Crippen molar-refractivity contribution < 1.29 is 4.92 Å². The maximum atomic E-state index is 11.2. The van der Waals surface area contributed by atoms with E-state index in [0.717, 1.165) is 17.7 Å². The number of aryl methyl sites for hydroxylation is 1. The Bertz CT molecular complexity index is 688. The van der Waals surface area contributed by atoms with Crippen LogP contribution in [0.25, 0.3) is 0 Å². The van der Waals surface area contributed by atoms with Gasteiger partial charge in [0.25, 0.3) is 5.69 Å². The van der Waals surface area contributed by atoms with Crippen LogP contribution in [0.1, 0.15) is 23.6 Å². The Balaban J connectivity index is 1.95. The second kappa shape index (κ2) is 5.77. The molecule has 21 heavy (non-hydrogen) atoms. The van der Waals surface area contributed by atoms with Crippen molar-refractivity contribution in [2.24, 2.45) is 0 Å². The monoisotopic (exact) mass is 300 g/mol. The molecule has 108 valence electrons. The molecule has 5 heteroatoms. The van der Waals surface area contributed by atoms with E-state index in [4.69, 9.17) is 0 Å². The van der Waals surface area contributed by atoms with Crippen molar-refractivity contribution in [1.82, 2.24) is 0 Å². The van der Waals surface area contributed by atoms with Crippen molar-refractivity contribution in [2.45, 2.75) is 24.3 Å². The van der Waals surface area contributed by atoms with E-state index in [1.165, 1.54) is 10.5 Å². The predicted octanol–water partition coefficient (Wildman–Crippen LogP) is 4.55. The number of nitro groups is 1. The minimum atomic E-state index is -0.328. The van der Waals surface area contributed by atoms with Gasteiger partial charge in [-0.1, -0.05) is 24.3 Å². The fourth-order valence-corrected chi connectivity index (χ4v) is 3.73. The zero-order valence-corrected chi connectivity index (χ0v) is 12.5. The first-order chi connectivity index (χ1) is 10.1. The summed E-state index contributed by atoms with van der Waals surface area (Å²) in [6.07, 6.45) is 0.965. The van der Waals surface area contributed by atoms with Gasteiger partial charge in [-0.15, -0.1) is 11.8 Å². The van der Waals surface area contributed by atoms with Crippen LogP contribution >= 0.6 is 11.8 Å². The van der Waals surface area contributed by atoms with Gasteiger partial charge in [0.1, 0.15) is 5.69 Å². The first kappa shape index (κ1) is 13.9. The Morgan fingerprint density at radius 1 is 1.29 bits per heavy atom. The Morgan fingerprint density at radius 2 is 2.10 bits per heavy atom. The average molecular weight is 300 g/mol. The standard InChI is InChI=1S/C16H16N2O2S/c1-11-6-7-15(18(19)20)14(10-11)17-13-8-9-21-16-5-3-2-4-12(13)16/h2-7,10,13,17H,8-9H2,1H3. The highest BCUT2D eigenvalue weighted by Crippen LogP contribution is 2.39. The summed E-state index contributed by atoms with van der Waals surface area (Å²) in [5, 5.41) is 14.6. The third-order valence-corrected chi connectivity index (χ3v) is 4.76. The van der Waals surface area contributed by atoms with E-state index < -0.39 is 0 Å². The van der Waals surface area contributed by atoms with Gasteiger partial charge in [0.2, 0.25) is 0 Å². The van der Waals surface area contributed by atoms with Crippen LogP contribution in [-0.2, 0) is 0 Å². The molecule has 1 N–H and O–H groups in total. The Hall–Kier alpha value is -2.01. The molecule has 0 aliphatic carbocycles. The second-order valence-electron chi connectivity index (χ2n) is 5.15. The SMILES string of the molecule is Cc1ccc([N+](=O)[O-])c(NC2CCSc3ccccc32)c1. The van der Waals surface area contributed by atoms with Gasteiger partial charge < -0.3 is 5.32 Å². The van der Waals surface area contributed by atoms with Crippen molar-refractivity contribution in [3.05, 3.63) is 63.7 Å². The topological polar surface area (TPSA) is 55.2 Å². The van der Waals surface area contributed by atoms with Crippen molar-refractivity contribution in [1.29, 1.82) is 0 Å². The van der Waals surface area contributed by atoms with Gasteiger partial charge in [0, 0.05) is 16.7 Å². The van der Waals surface area contributed by atoms with E-state index in [2.05, 4.69) is 17.4 Å². The van der Waals surface area contributed by atoms with Crippen LogP contribution in [0.2, 0.25) is 0 Å². The van der Waals surface area contributed by atoms with Gasteiger partial charge in [-0.05, 0) is 36.6 Å². The number of hydrogen-bond donors (Lipinski definition) is 1. The molecule has 0 radical (unpaired) electrons. The van der Waals surface area contributed by atoms with E-state index in [-0.39, 0.29) is 16.7 Å². The molecule has 1 unspecified atom stereocenters. The highest BCUT2D eigenvalue weighted by atomic mass is 32.2. The maximum absolute atomic E-state index is 11.2. The predicted molar refractivity (Wildman–Crippen MR) is 86.0 cm³/mol. The summed E-state index contributed by atoms with van der Waals surface area (Å²) in [5.41, 5.74) is 2.98. The summed E-state index contributed by atoms with van der Waals surface area (Å²) in [6.45, 7) is 1.94. The highest BCUT2D eigenvalue weighted by Gasteiger charge is 2.23. The lowest BCUT2D eigenvalue weighted by molar-refractivity contribution is -0.384. The summed E-state index contributed by atoms with van der Waals surface area (Å²) >= 11 is 1.84. The molecule has 1 aliphatic heterocycles. The summed E-state index contributed by atoms with van der Waals surface area (Å²) in [5.74, 6) is 1.02. The van der Waals surface area contributed by atoms with Crippen LogP contribution in [0.4, 0.5) is 11.4 Å². The molecule has 4 nitrogen and oxygen atoms in total.